The third-order valence-electron chi connectivity index (χ3n) is 2.82. The Morgan fingerprint density at radius 1 is 1.39 bits per heavy atom. The van der Waals surface area contributed by atoms with Crippen molar-refractivity contribution >= 4 is 46.8 Å². The van der Waals surface area contributed by atoms with Crippen molar-refractivity contribution in [1.29, 1.82) is 0 Å². The van der Waals surface area contributed by atoms with Gasteiger partial charge in [-0.2, -0.15) is 11.3 Å². The second-order valence-electron chi connectivity index (χ2n) is 4.37. The molecule has 0 aliphatic carbocycles. The van der Waals surface area contributed by atoms with Gasteiger partial charge in [0, 0.05) is 0 Å². The third kappa shape index (κ3) is 4.40. The molecule has 6 nitrogen and oxygen atoms in total. The highest BCUT2D eigenvalue weighted by Gasteiger charge is 2.11. The van der Waals surface area contributed by atoms with E-state index < -0.39 is 11.9 Å². The van der Waals surface area contributed by atoms with Crippen molar-refractivity contribution in [2.24, 2.45) is 0 Å². The fourth-order valence-electron chi connectivity index (χ4n) is 1.78. The Balaban J connectivity index is 2.58. The minimum atomic E-state index is -0.564. The summed E-state index contributed by atoms with van der Waals surface area (Å²) in [4.78, 5) is 35.6. The second-order valence-corrected chi connectivity index (χ2v) is 6.21. The third-order valence-corrected chi connectivity index (χ3v) is 4.58. The second kappa shape index (κ2) is 7.89. The Morgan fingerprint density at radius 3 is 2.78 bits per heavy atom. The molecule has 2 rings (SSSR count). The molecule has 0 saturated heterocycles. The van der Waals surface area contributed by atoms with Crippen molar-refractivity contribution in [2.45, 2.75) is 13.5 Å². The number of thiazole rings is 1. The molecule has 122 valence electrons. The molecule has 0 fully saturated rings. The lowest BCUT2D eigenvalue weighted by Gasteiger charge is -2.00. The monoisotopic (exact) mass is 353 g/mol. The summed E-state index contributed by atoms with van der Waals surface area (Å²) in [5.41, 5.74) is 0.545. The van der Waals surface area contributed by atoms with Crippen LogP contribution in [0, 0.1) is 0 Å². The van der Waals surface area contributed by atoms with Crippen LogP contribution >= 0.6 is 22.7 Å². The van der Waals surface area contributed by atoms with Gasteiger partial charge < -0.3 is 9.47 Å². The summed E-state index contributed by atoms with van der Waals surface area (Å²) in [6.45, 7) is 1.67. The predicted molar refractivity (Wildman–Crippen MR) is 88.8 cm³/mol. The number of nitrogens with zero attached hydrogens (tertiary/aromatic N) is 1. The van der Waals surface area contributed by atoms with Gasteiger partial charge in [0.2, 0.25) is 0 Å². The summed E-state index contributed by atoms with van der Waals surface area (Å²) < 4.78 is 11.5. The van der Waals surface area contributed by atoms with Gasteiger partial charge in [-0.15, -0.1) is 11.3 Å². The van der Waals surface area contributed by atoms with Crippen LogP contribution in [0.3, 0.4) is 0 Å². The largest absolute Gasteiger partial charge is 0.468 e. The van der Waals surface area contributed by atoms with E-state index >= 15 is 0 Å². The zero-order valence-electron chi connectivity index (χ0n) is 12.6. The number of hydrogen-bond acceptors (Lipinski definition) is 7. The summed E-state index contributed by atoms with van der Waals surface area (Å²) in [5.74, 6) is -1.13. The van der Waals surface area contributed by atoms with E-state index in [1.807, 2.05) is 16.8 Å². The van der Waals surface area contributed by atoms with Gasteiger partial charge in [-0.3, -0.25) is 14.2 Å². The van der Waals surface area contributed by atoms with Crippen LogP contribution in [-0.2, 0) is 25.6 Å². The standard InChI is InChI=1S/C15H15NO5S2/c1-3-21-13(17)7-12-16(8-14(18)20-2)15(19)11(23-12)6-10-4-5-22-9-10/h4-7,9H,3,8H2,1-2H3/b11-6-,12-7-. The van der Waals surface area contributed by atoms with Gasteiger partial charge >= 0.3 is 11.9 Å². The van der Waals surface area contributed by atoms with Crippen molar-refractivity contribution in [3.8, 4) is 0 Å². The van der Waals surface area contributed by atoms with Crippen molar-refractivity contribution < 1.29 is 19.1 Å². The Kier molecular flexibility index (Phi) is 5.89. The van der Waals surface area contributed by atoms with Crippen molar-refractivity contribution in [1.82, 2.24) is 4.57 Å². The first-order chi connectivity index (χ1) is 11.0. The molecule has 0 aliphatic heterocycles. The fraction of sp³-hybridized carbons (Fsp3) is 0.267. The lowest BCUT2D eigenvalue weighted by Crippen LogP contribution is -2.34. The first-order valence-electron chi connectivity index (χ1n) is 6.74. The Bertz CT molecular complexity index is 861. The quantitative estimate of drug-likeness (QED) is 0.724. The number of ether oxygens (including phenoxy) is 2. The molecule has 0 aliphatic rings. The molecule has 0 aromatic carbocycles. The van der Waals surface area contributed by atoms with Gasteiger partial charge in [-0.05, 0) is 35.4 Å². The molecule has 2 aromatic rings. The van der Waals surface area contributed by atoms with Crippen LogP contribution in [0.1, 0.15) is 12.5 Å². The first kappa shape index (κ1) is 17.2. The van der Waals surface area contributed by atoms with E-state index in [-0.39, 0.29) is 18.7 Å². The molecule has 0 unspecified atom stereocenters. The van der Waals surface area contributed by atoms with Crippen LogP contribution < -0.4 is 14.8 Å². The molecule has 0 amide bonds. The number of rotatable bonds is 5. The number of hydrogen-bond donors (Lipinski definition) is 0. The molecule has 2 aromatic heterocycles. The van der Waals surface area contributed by atoms with Crippen molar-refractivity contribution in [3.63, 3.8) is 0 Å². The van der Waals surface area contributed by atoms with Crippen LogP contribution in [0.15, 0.2) is 21.6 Å². The van der Waals surface area contributed by atoms with E-state index in [9.17, 15) is 14.4 Å². The number of methoxy groups -OCH3 is 1. The van der Waals surface area contributed by atoms with E-state index in [0.717, 1.165) is 16.9 Å². The lowest BCUT2D eigenvalue weighted by molar-refractivity contribution is -0.141. The number of carbonyl (C=O) groups is 2. The van der Waals surface area contributed by atoms with E-state index in [0.29, 0.717) is 9.20 Å². The highest BCUT2D eigenvalue weighted by atomic mass is 32.1. The number of aromatic nitrogens is 1. The molecule has 0 saturated carbocycles. The van der Waals surface area contributed by atoms with Gasteiger partial charge in [0.15, 0.2) is 0 Å². The fourth-order valence-corrected chi connectivity index (χ4v) is 3.43. The molecular formula is C15H15NO5S2. The zero-order valence-corrected chi connectivity index (χ0v) is 14.2. The van der Waals surface area contributed by atoms with Crippen molar-refractivity contribution in [3.05, 3.63) is 41.9 Å². The number of esters is 2. The summed E-state index contributed by atoms with van der Waals surface area (Å²) in [5, 5.41) is 3.80. The molecule has 8 heteroatoms. The number of thiophene rings is 1. The maximum Gasteiger partial charge on any atom is 0.333 e. The van der Waals surface area contributed by atoms with E-state index in [1.54, 1.807) is 13.0 Å². The first-order valence-corrected chi connectivity index (χ1v) is 8.50. The molecule has 0 radical (unpaired) electrons. The van der Waals surface area contributed by atoms with Crippen LogP contribution in [0.4, 0.5) is 0 Å². The summed E-state index contributed by atoms with van der Waals surface area (Å²) >= 11 is 2.64. The SMILES string of the molecule is CCOC(=O)/C=c1\s/c(=C\c2ccsc2)c(=O)n1CC(=O)OC. The smallest absolute Gasteiger partial charge is 0.333 e. The zero-order chi connectivity index (χ0) is 16.8. The minimum Gasteiger partial charge on any atom is -0.468 e. The highest BCUT2D eigenvalue weighted by Crippen LogP contribution is 2.05. The summed E-state index contributed by atoms with van der Waals surface area (Å²) in [7, 11) is 1.24. The maximum absolute atomic E-state index is 12.5. The summed E-state index contributed by atoms with van der Waals surface area (Å²) in [6, 6.07) is 1.88. The van der Waals surface area contributed by atoms with Crippen LogP contribution in [-0.4, -0.2) is 30.2 Å². The molecular weight excluding hydrogens is 338 g/mol. The molecule has 0 spiro atoms. The Labute approximate surface area is 139 Å². The Hall–Kier alpha value is -2.19. The highest BCUT2D eigenvalue weighted by molar-refractivity contribution is 7.08. The molecule has 2 heterocycles. The van der Waals surface area contributed by atoms with Crippen LogP contribution in [0.5, 0.6) is 0 Å². The van der Waals surface area contributed by atoms with Gasteiger partial charge in [0.05, 0.1) is 24.3 Å². The van der Waals surface area contributed by atoms with Gasteiger partial charge in [-0.1, -0.05) is 0 Å². The predicted octanol–water partition coefficient (Wildman–Crippen LogP) is 0.317. The van der Waals surface area contributed by atoms with Crippen LogP contribution in [0.2, 0.25) is 0 Å². The normalized spacial score (nSPS) is 12.4. The van der Waals surface area contributed by atoms with Crippen LogP contribution in [0.25, 0.3) is 12.2 Å². The summed E-state index contributed by atoms with van der Waals surface area (Å²) in [6.07, 6.45) is 2.93. The van der Waals surface area contributed by atoms with Gasteiger partial charge in [0.25, 0.3) is 5.56 Å². The molecule has 23 heavy (non-hydrogen) atoms. The lowest BCUT2D eigenvalue weighted by atomic mass is 10.3. The molecule has 0 atom stereocenters. The maximum atomic E-state index is 12.5. The van der Waals surface area contributed by atoms with E-state index in [2.05, 4.69) is 4.74 Å². The van der Waals surface area contributed by atoms with Crippen molar-refractivity contribution in [2.75, 3.05) is 13.7 Å². The minimum absolute atomic E-state index is 0.232. The van der Waals surface area contributed by atoms with Gasteiger partial charge in [-0.25, -0.2) is 4.79 Å². The topological polar surface area (TPSA) is 74.6 Å². The molecule has 0 bridgehead atoms. The van der Waals surface area contributed by atoms with E-state index in [1.165, 1.54) is 29.1 Å². The Morgan fingerprint density at radius 2 is 2.17 bits per heavy atom. The average molecular weight is 353 g/mol. The average Bonchev–Trinajstić information content (AvgIpc) is 3.12. The van der Waals surface area contributed by atoms with Gasteiger partial charge in [0.1, 0.15) is 11.2 Å². The van der Waals surface area contributed by atoms with E-state index in [4.69, 9.17) is 4.74 Å². The number of carbonyl (C=O) groups excluding carboxylic acids is 2. The molecule has 0 N–H and O–H groups in total.